The van der Waals surface area contributed by atoms with Crippen LogP contribution in [-0.2, 0) is 10.0 Å². The maximum absolute atomic E-state index is 12.5. The van der Waals surface area contributed by atoms with Crippen LogP contribution in [0.5, 0.6) is 5.75 Å². The normalized spacial score (nSPS) is 16.1. The zero-order chi connectivity index (χ0) is 18.8. The van der Waals surface area contributed by atoms with Gasteiger partial charge in [0.15, 0.2) is 0 Å². The van der Waals surface area contributed by atoms with Gasteiger partial charge in [-0.25, -0.2) is 12.7 Å². The maximum atomic E-state index is 12.5. The topological polar surface area (TPSA) is 46.6 Å². The Morgan fingerprint density at radius 1 is 1.19 bits per heavy atom. The van der Waals surface area contributed by atoms with Crippen molar-refractivity contribution in [2.24, 2.45) is 0 Å². The lowest BCUT2D eigenvalue weighted by Gasteiger charge is -2.31. The van der Waals surface area contributed by atoms with Crippen molar-refractivity contribution in [1.29, 1.82) is 0 Å². The van der Waals surface area contributed by atoms with Crippen LogP contribution < -0.4 is 4.74 Å². The molecule has 2 rings (SSSR count). The third-order valence-corrected chi connectivity index (χ3v) is 6.58. The molecule has 1 aromatic carbocycles. The Labute approximate surface area is 159 Å². The fourth-order valence-electron chi connectivity index (χ4n) is 3.20. The van der Waals surface area contributed by atoms with Crippen molar-refractivity contribution < 1.29 is 13.2 Å². The minimum atomic E-state index is -3.24. The quantitative estimate of drug-likeness (QED) is 0.509. The molecule has 0 saturated carbocycles. The Kier molecular flexibility index (Phi) is 8.47. The summed E-state index contributed by atoms with van der Waals surface area (Å²) >= 11 is 0. The first-order valence-corrected chi connectivity index (χ1v) is 11.1. The number of sulfonamides is 1. The van der Waals surface area contributed by atoms with Gasteiger partial charge >= 0.3 is 0 Å². The molecule has 0 atom stereocenters. The van der Waals surface area contributed by atoms with Crippen molar-refractivity contribution in [2.45, 2.75) is 51.4 Å². The molecule has 26 heavy (non-hydrogen) atoms. The standard InChI is InChI=1S/C21H30NO3S/c1-3-4-5-6-7-8-9-18-26(23,24)22-16-14-20(15-17-22)19-10-12-21(25-2)13-11-19/h9-13,20H,3-6,14-18H2,1-2H3. The van der Waals surface area contributed by atoms with Crippen LogP contribution in [0.15, 0.2) is 24.3 Å². The molecule has 0 N–H and O–H groups in total. The third-order valence-electron chi connectivity index (χ3n) is 4.84. The number of methoxy groups -OCH3 is 1. The van der Waals surface area contributed by atoms with Gasteiger partial charge in [0.05, 0.1) is 19.3 Å². The van der Waals surface area contributed by atoms with Crippen molar-refractivity contribution in [3.8, 4) is 17.6 Å². The van der Waals surface area contributed by atoms with Crippen molar-refractivity contribution in [3.05, 3.63) is 36.2 Å². The summed E-state index contributed by atoms with van der Waals surface area (Å²) in [7, 11) is -1.58. The van der Waals surface area contributed by atoms with Crippen molar-refractivity contribution in [3.63, 3.8) is 0 Å². The van der Waals surface area contributed by atoms with Gasteiger partial charge in [0.1, 0.15) is 5.75 Å². The molecule has 1 aliphatic rings. The van der Waals surface area contributed by atoms with E-state index in [1.54, 1.807) is 17.8 Å². The van der Waals surface area contributed by atoms with Crippen LogP contribution in [0.2, 0.25) is 0 Å². The first kappa shape index (κ1) is 20.8. The van der Waals surface area contributed by atoms with Gasteiger partial charge in [-0.3, -0.25) is 0 Å². The molecule has 1 heterocycles. The van der Waals surface area contributed by atoms with Crippen LogP contribution in [-0.4, -0.2) is 38.7 Å². The summed E-state index contributed by atoms with van der Waals surface area (Å²) in [6.45, 7) is 3.32. The number of hydrogen-bond donors (Lipinski definition) is 0. The van der Waals surface area contributed by atoms with E-state index < -0.39 is 10.0 Å². The van der Waals surface area contributed by atoms with Crippen LogP contribution in [0.25, 0.3) is 0 Å². The fourth-order valence-corrected chi connectivity index (χ4v) is 4.48. The van der Waals surface area contributed by atoms with E-state index in [1.807, 2.05) is 12.1 Å². The summed E-state index contributed by atoms with van der Waals surface area (Å²) in [6.07, 6.45) is 7.59. The second kappa shape index (κ2) is 10.6. The fraction of sp³-hybridized carbons (Fsp3) is 0.571. The first-order chi connectivity index (χ1) is 12.6. The summed E-state index contributed by atoms with van der Waals surface area (Å²) in [6, 6.07) is 8.09. The van der Waals surface area contributed by atoms with Crippen molar-refractivity contribution in [1.82, 2.24) is 4.31 Å². The number of piperidine rings is 1. The second-order valence-electron chi connectivity index (χ2n) is 6.71. The lowest BCUT2D eigenvalue weighted by Crippen LogP contribution is -2.39. The van der Waals surface area contributed by atoms with E-state index in [9.17, 15) is 8.42 Å². The van der Waals surface area contributed by atoms with Crippen LogP contribution >= 0.6 is 0 Å². The van der Waals surface area contributed by atoms with Gasteiger partial charge in [-0.15, -0.1) is 5.92 Å². The molecule has 1 saturated heterocycles. The van der Waals surface area contributed by atoms with E-state index in [4.69, 9.17) is 4.74 Å². The molecule has 1 fully saturated rings. The first-order valence-electron chi connectivity index (χ1n) is 9.48. The van der Waals surface area contributed by atoms with E-state index in [0.29, 0.717) is 19.0 Å². The number of unbranched alkanes of at least 4 members (excludes halogenated alkanes) is 3. The second-order valence-corrected chi connectivity index (χ2v) is 8.72. The summed E-state index contributed by atoms with van der Waals surface area (Å²) in [4.78, 5) is 0. The molecule has 5 heteroatoms. The Balaban J connectivity index is 1.78. The van der Waals surface area contributed by atoms with Gasteiger partial charge in [0.2, 0.25) is 10.0 Å². The summed E-state index contributed by atoms with van der Waals surface area (Å²) in [5, 5.41) is 0. The predicted octanol–water partition coefficient (Wildman–Crippen LogP) is 3.99. The lowest BCUT2D eigenvalue weighted by atomic mass is 9.90. The van der Waals surface area contributed by atoms with Gasteiger partial charge in [0.25, 0.3) is 0 Å². The van der Waals surface area contributed by atoms with E-state index in [0.717, 1.165) is 31.4 Å². The molecule has 4 nitrogen and oxygen atoms in total. The van der Waals surface area contributed by atoms with E-state index in [1.165, 1.54) is 18.4 Å². The number of ether oxygens (including phenoxy) is 1. The van der Waals surface area contributed by atoms with Gasteiger partial charge in [-0.05, 0) is 42.9 Å². The molecule has 0 unspecified atom stereocenters. The molecule has 0 aromatic heterocycles. The van der Waals surface area contributed by atoms with Crippen molar-refractivity contribution in [2.75, 3.05) is 26.0 Å². The zero-order valence-electron chi connectivity index (χ0n) is 15.9. The average molecular weight is 377 g/mol. The Bertz CT molecular complexity index is 693. The van der Waals surface area contributed by atoms with Crippen LogP contribution in [0.4, 0.5) is 0 Å². The summed E-state index contributed by atoms with van der Waals surface area (Å²) < 4.78 is 31.7. The SMILES string of the molecule is CCCCCC#C[CH]CS(=O)(=O)N1CCC(c2ccc(OC)cc2)CC1. The average Bonchev–Trinajstić information content (AvgIpc) is 2.67. The zero-order valence-corrected chi connectivity index (χ0v) is 16.7. The molecule has 1 aliphatic heterocycles. The Morgan fingerprint density at radius 2 is 1.88 bits per heavy atom. The van der Waals surface area contributed by atoms with E-state index in [2.05, 4.69) is 30.9 Å². The molecule has 0 spiro atoms. The highest BCUT2D eigenvalue weighted by Gasteiger charge is 2.28. The van der Waals surface area contributed by atoms with Gasteiger partial charge < -0.3 is 4.74 Å². The molecule has 0 amide bonds. The molecular formula is C21H30NO3S. The highest BCUT2D eigenvalue weighted by molar-refractivity contribution is 7.89. The molecule has 1 aromatic rings. The minimum Gasteiger partial charge on any atom is -0.497 e. The van der Waals surface area contributed by atoms with Crippen LogP contribution in [0.3, 0.4) is 0 Å². The van der Waals surface area contributed by atoms with Gasteiger partial charge in [-0.2, -0.15) is 0 Å². The number of rotatable bonds is 8. The third kappa shape index (κ3) is 6.34. The van der Waals surface area contributed by atoms with E-state index in [-0.39, 0.29) is 5.75 Å². The summed E-state index contributed by atoms with van der Waals surface area (Å²) in [5.74, 6) is 7.20. The number of hydrogen-bond acceptors (Lipinski definition) is 3. The molecule has 1 radical (unpaired) electrons. The highest BCUT2D eigenvalue weighted by Crippen LogP contribution is 2.30. The Morgan fingerprint density at radius 3 is 2.50 bits per heavy atom. The summed E-state index contributed by atoms with van der Waals surface area (Å²) in [5.41, 5.74) is 1.26. The predicted molar refractivity (Wildman–Crippen MR) is 107 cm³/mol. The maximum Gasteiger partial charge on any atom is 0.215 e. The molecule has 0 aliphatic carbocycles. The molecular weight excluding hydrogens is 346 g/mol. The van der Waals surface area contributed by atoms with E-state index >= 15 is 0 Å². The lowest BCUT2D eigenvalue weighted by molar-refractivity contribution is 0.320. The van der Waals surface area contributed by atoms with Crippen LogP contribution in [0.1, 0.15) is 56.9 Å². The molecule has 0 bridgehead atoms. The van der Waals surface area contributed by atoms with Crippen LogP contribution in [0, 0.1) is 18.3 Å². The van der Waals surface area contributed by atoms with Crippen molar-refractivity contribution >= 4 is 10.0 Å². The highest BCUT2D eigenvalue weighted by atomic mass is 32.2. The number of nitrogens with zero attached hydrogens (tertiary/aromatic N) is 1. The minimum absolute atomic E-state index is 0.0149. The Hall–Kier alpha value is -1.51. The van der Waals surface area contributed by atoms with Gasteiger partial charge in [-0.1, -0.05) is 37.8 Å². The number of benzene rings is 1. The largest absolute Gasteiger partial charge is 0.497 e. The molecule has 143 valence electrons. The monoisotopic (exact) mass is 376 g/mol. The van der Waals surface area contributed by atoms with Gasteiger partial charge in [0, 0.05) is 19.5 Å². The smallest absolute Gasteiger partial charge is 0.215 e.